The van der Waals surface area contributed by atoms with E-state index in [1.807, 2.05) is 28.9 Å². The van der Waals surface area contributed by atoms with Crippen molar-refractivity contribution in [1.29, 1.82) is 0 Å². The van der Waals surface area contributed by atoms with Gasteiger partial charge >= 0.3 is 0 Å². The van der Waals surface area contributed by atoms with Crippen molar-refractivity contribution in [2.24, 2.45) is 0 Å². The number of carbonyl (C=O) groups is 1. The summed E-state index contributed by atoms with van der Waals surface area (Å²) in [5, 5.41) is 9.70. The van der Waals surface area contributed by atoms with Crippen molar-refractivity contribution < 1.29 is 26.3 Å². The first-order valence-corrected chi connectivity index (χ1v) is 11.1. The van der Waals surface area contributed by atoms with Gasteiger partial charge in [0.2, 0.25) is 5.82 Å². The van der Waals surface area contributed by atoms with E-state index in [2.05, 4.69) is 9.88 Å². The van der Waals surface area contributed by atoms with Crippen LogP contribution in [0, 0.1) is 0 Å². The summed E-state index contributed by atoms with van der Waals surface area (Å²) in [5.74, 6) is 1.97. The van der Waals surface area contributed by atoms with Crippen LogP contribution in [0.5, 0.6) is 0 Å². The Morgan fingerprint density at radius 1 is 1.03 bits per heavy atom. The second kappa shape index (κ2) is 10.8. The molecule has 1 aliphatic rings. The maximum absolute atomic E-state index is 12.9. The molecule has 0 saturated carbocycles. The number of anilines is 1. The van der Waals surface area contributed by atoms with E-state index in [0.29, 0.717) is 27.2 Å². The third-order valence-corrected chi connectivity index (χ3v) is 6.26. The van der Waals surface area contributed by atoms with Gasteiger partial charge in [0.25, 0.3) is 5.82 Å². The molecule has 9 heteroatoms. The van der Waals surface area contributed by atoms with Gasteiger partial charge in [0, 0.05) is 27.8 Å². The number of nitrogens with zero attached hydrogens (tertiary/aromatic N) is 3. The summed E-state index contributed by atoms with van der Waals surface area (Å²) in [5.41, 5.74) is 1.51. The molecule has 164 valence electrons. The predicted octanol–water partition coefficient (Wildman–Crippen LogP) is 2.36. The third-order valence-electron chi connectivity index (χ3n) is 5.27. The molecule has 2 aromatic carbocycles. The van der Waals surface area contributed by atoms with Crippen LogP contribution in [0.2, 0.25) is 15.1 Å². The van der Waals surface area contributed by atoms with Crippen LogP contribution in [0.15, 0.2) is 42.5 Å². The monoisotopic (exact) mass is 542 g/mol. The lowest BCUT2D eigenvalue weighted by Gasteiger charge is -2.04. The zero-order chi connectivity index (χ0) is 21.1. The molecule has 5 nitrogen and oxygen atoms in total. The quantitative estimate of drug-likeness (QED) is 0.383. The number of halogens is 4. The van der Waals surface area contributed by atoms with Crippen molar-refractivity contribution >= 4 is 46.3 Å². The Bertz CT molecular complexity index is 1070. The fraction of sp³-hybridized carbons (Fsp3) is 0.318. The number of benzene rings is 2. The first-order valence-electron chi connectivity index (χ1n) is 9.97. The number of nitrogens with one attached hydrogen (secondary N) is 1. The first kappa shape index (κ1) is 24.1. The van der Waals surface area contributed by atoms with Crippen LogP contribution >= 0.6 is 34.8 Å². The highest BCUT2D eigenvalue weighted by atomic mass is 79.9. The Hall–Kier alpha value is -1.60. The van der Waals surface area contributed by atoms with Gasteiger partial charge in [-0.15, -0.1) is 4.68 Å². The topological polar surface area (TPSA) is 50.8 Å². The van der Waals surface area contributed by atoms with Crippen molar-refractivity contribution in [3.05, 3.63) is 74.7 Å². The van der Waals surface area contributed by atoms with Gasteiger partial charge in [-0.1, -0.05) is 34.8 Å². The third kappa shape index (κ3) is 5.80. The molecule has 0 bridgehead atoms. The van der Waals surface area contributed by atoms with Crippen molar-refractivity contribution in [3.63, 3.8) is 0 Å². The summed E-state index contributed by atoms with van der Waals surface area (Å²) in [6, 6.07) is 12.6. The van der Waals surface area contributed by atoms with E-state index in [9.17, 15) is 4.79 Å². The summed E-state index contributed by atoms with van der Waals surface area (Å²) in [4.78, 5) is 12.9. The van der Waals surface area contributed by atoms with E-state index in [4.69, 9.17) is 39.9 Å². The van der Waals surface area contributed by atoms with Crippen LogP contribution in [0.4, 0.5) is 5.69 Å². The van der Waals surface area contributed by atoms with Gasteiger partial charge < -0.3 is 22.3 Å². The normalized spacial score (nSPS) is 13.1. The predicted molar refractivity (Wildman–Crippen MR) is 120 cm³/mol. The molecule has 0 spiro atoms. The number of carbonyl (C=O) groups excluding carboxylic acids is 1. The molecule has 0 saturated heterocycles. The highest BCUT2D eigenvalue weighted by molar-refractivity contribution is 6.42. The molecule has 1 N–H and O–H groups in total. The SMILES string of the molecule is O=C(Cn1nc(CNc2ccc(Cl)cc2)[n+]2c1CCCCC2)c1ccc(Cl)c(Cl)c1.[Br-]. The zero-order valence-corrected chi connectivity index (χ0v) is 20.6. The Labute approximate surface area is 207 Å². The number of hydrogen-bond acceptors (Lipinski definition) is 3. The van der Waals surface area contributed by atoms with Gasteiger partial charge in [-0.25, -0.2) is 4.57 Å². The minimum Gasteiger partial charge on any atom is -1.00 e. The molecule has 1 aliphatic heterocycles. The van der Waals surface area contributed by atoms with Gasteiger partial charge in [0.15, 0.2) is 12.3 Å². The van der Waals surface area contributed by atoms with Crippen LogP contribution in [-0.2, 0) is 26.1 Å². The second-order valence-corrected chi connectivity index (χ2v) is 8.62. The number of ketones is 1. The molecule has 3 aromatic rings. The average molecular weight is 545 g/mol. The largest absolute Gasteiger partial charge is 1.00 e. The lowest BCUT2D eigenvalue weighted by molar-refractivity contribution is -0.710. The lowest BCUT2D eigenvalue weighted by Crippen LogP contribution is -3.00. The van der Waals surface area contributed by atoms with E-state index in [-0.39, 0.29) is 29.3 Å². The van der Waals surface area contributed by atoms with Crippen LogP contribution in [0.25, 0.3) is 0 Å². The van der Waals surface area contributed by atoms with Gasteiger partial charge in [0.05, 0.1) is 16.6 Å². The Morgan fingerprint density at radius 2 is 1.81 bits per heavy atom. The molecular formula is C22H22BrCl3N4O. The van der Waals surface area contributed by atoms with Gasteiger partial charge in [-0.05, 0) is 61.7 Å². The van der Waals surface area contributed by atoms with Gasteiger partial charge in [-0.3, -0.25) is 4.79 Å². The molecule has 0 fully saturated rings. The van der Waals surface area contributed by atoms with Gasteiger partial charge in [-0.2, -0.15) is 0 Å². The maximum atomic E-state index is 12.9. The fourth-order valence-electron chi connectivity index (χ4n) is 3.69. The highest BCUT2D eigenvalue weighted by Crippen LogP contribution is 2.23. The molecule has 2 heterocycles. The van der Waals surface area contributed by atoms with Crippen LogP contribution in [-0.4, -0.2) is 15.6 Å². The molecule has 0 unspecified atom stereocenters. The molecule has 31 heavy (non-hydrogen) atoms. The number of hydrogen-bond donors (Lipinski definition) is 1. The van der Waals surface area contributed by atoms with Crippen molar-refractivity contribution in [2.75, 3.05) is 5.32 Å². The number of Topliss-reactive ketones (excluding diaryl/α,β-unsaturated/α-hetero) is 1. The molecular weight excluding hydrogens is 523 g/mol. The lowest BCUT2D eigenvalue weighted by atomic mass is 10.1. The Kier molecular flexibility index (Phi) is 8.39. The number of rotatable bonds is 6. The Balaban J connectivity index is 0.00000272. The molecule has 1 aromatic heterocycles. The minimum atomic E-state index is -0.0408. The molecule has 0 radical (unpaired) electrons. The van der Waals surface area contributed by atoms with Crippen molar-refractivity contribution in [1.82, 2.24) is 9.78 Å². The maximum Gasteiger partial charge on any atom is 0.296 e. The summed E-state index contributed by atoms with van der Waals surface area (Å²) in [6.45, 7) is 1.66. The Morgan fingerprint density at radius 3 is 2.55 bits per heavy atom. The van der Waals surface area contributed by atoms with Crippen molar-refractivity contribution in [3.8, 4) is 0 Å². The molecule has 0 amide bonds. The van der Waals surface area contributed by atoms with E-state index in [0.717, 1.165) is 43.1 Å². The first-order chi connectivity index (χ1) is 14.5. The van der Waals surface area contributed by atoms with Crippen LogP contribution in [0.1, 0.15) is 41.3 Å². The molecule has 4 rings (SSSR count). The van der Waals surface area contributed by atoms with Crippen LogP contribution in [0.3, 0.4) is 0 Å². The summed E-state index contributed by atoms with van der Waals surface area (Å²) in [7, 11) is 0. The van der Waals surface area contributed by atoms with Crippen molar-refractivity contribution in [2.45, 2.75) is 45.3 Å². The number of fused-ring (bicyclic) bond motifs is 1. The second-order valence-electron chi connectivity index (χ2n) is 7.36. The van der Waals surface area contributed by atoms with E-state index in [1.165, 1.54) is 6.42 Å². The number of aromatic nitrogens is 3. The van der Waals surface area contributed by atoms with Crippen LogP contribution < -0.4 is 26.9 Å². The summed E-state index contributed by atoms with van der Waals surface area (Å²) in [6.07, 6.45) is 4.28. The van der Waals surface area contributed by atoms with Gasteiger partial charge in [0.1, 0.15) is 6.54 Å². The van der Waals surface area contributed by atoms with E-state index >= 15 is 0 Å². The zero-order valence-electron chi connectivity index (χ0n) is 16.8. The minimum absolute atomic E-state index is 0. The fourth-order valence-corrected chi connectivity index (χ4v) is 4.12. The average Bonchev–Trinajstić information content (AvgIpc) is 2.90. The van der Waals surface area contributed by atoms with E-state index in [1.54, 1.807) is 18.2 Å². The molecule has 0 aliphatic carbocycles. The highest BCUT2D eigenvalue weighted by Gasteiger charge is 2.28. The summed E-state index contributed by atoms with van der Waals surface area (Å²) < 4.78 is 4.09. The van der Waals surface area contributed by atoms with E-state index < -0.39 is 0 Å². The molecule has 0 atom stereocenters. The standard InChI is InChI=1S/C22H22Cl3N4O.BrH/c23-16-6-8-17(9-7-16)26-13-21-27-29(22-4-2-1-3-11-28(21)22)14-20(30)15-5-10-18(24)19(25)12-15;/h5-10,12,26H,1-4,11,13-14H2;1H/q+1;/p-1. The summed E-state index contributed by atoms with van der Waals surface area (Å²) >= 11 is 18.0. The smallest absolute Gasteiger partial charge is 0.296 e.